The van der Waals surface area contributed by atoms with Gasteiger partial charge in [-0.15, -0.1) is 0 Å². The van der Waals surface area contributed by atoms with Crippen LogP contribution in [0.1, 0.15) is 25.1 Å². The Hall–Kier alpha value is -3.14. The van der Waals surface area contributed by atoms with Crippen molar-refractivity contribution in [1.29, 1.82) is 0 Å². The number of guanidine groups is 1. The summed E-state index contributed by atoms with van der Waals surface area (Å²) in [5.74, 6) is 3.52. The Balaban J connectivity index is 1.69. The minimum atomic E-state index is -0.451. The summed E-state index contributed by atoms with van der Waals surface area (Å²) in [6.45, 7) is 3.65. The number of anilines is 1. The summed E-state index contributed by atoms with van der Waals surface area (Å²) in [7, 11) is 1.61. The van der Waals surface area contributed by atoms with Crippen molar-refractivity contribution >= 4 is 38.9 Å². The maximum absolute atomic E-state index is 6.10. The number of methoxy groups -OCH3 is 1. The van der Waals surface area contributed by atoms with Gasteiger partial charge in [0.05, 0.1) is 42.4 Å². The lowest BCUT2D eigenvalue weighted by molar-refractivity contribution is 0.297. The smallest absolute Gasteiger partial charge is 0.212 e. The second-order valence-electron chi connectivity index (χ2n) is 7.12. The Labute approximate surface area is 187 Å². The molecule has 162 valence electrons. The summed E-state index contributed by atoms with van der Waals surface area (Å²) in [5.41, 5.74) is 8.59. The SMILES string of the molecule is CCOc1cc(C2N=C(N)Nc3nc4cc5c(cc4n32)OCCCO5)cc(Br)c1OC. The Morgan fingerprint density at radius 1 is 1.23 bits per heavy atom. The van der Waals surface area contributed by atoms with Gasteiger partial charge in [-0.25, -0.2) is 9.98 Å². The van der Waals surface area contributed by atoms with E-state index in [4.69, 9.17) is 29.7 Å². The van der Waals surface area contributed by atoms with Crippen LogP contribution in [0.4, 0.5) is 5.95 Å². The minimum absolute atomic E-state index is 0.284. The summed E-state index contributed by atoms with van der Waals surface area (Å²) in [4.78, 5) is 9.38. The highest BCUT2D eigenvalue weighted by molar-refractivity contribution is 9.10. The molecule has 0 saturated heterocycles. The average Bonchev–Trinajstić information content (AvgIpc) is 2.93. The molecule has 2 aromatic carbocycles. The summed E-state index contributed by atoms with van der Waals surface area (Å²) in [5, 5.41) is 3.06. The molecular weight excluding hydrogens is 466 g/mol. The molecule has 9 nitrogen and oxygen atoms in total. The van der Waals surface area contributed by atoms with Gasteiger partial charge in [-0.3, -0.25) is 9.88 Å². The van der Waals surface area contributed by atoms with Crippen LogP contribution in [0.15, 0.2) is 33.7 Å². The number of halogens is 1. The molecule has 3 heterocycles. The molecule has 2 aliphatic heterocycles. The van der Waals surface area contributed by atoms with Crippen molar-refractivity contribution in [3.63, 3.8) is 0 Å². The van der Waals surface area contributed by atoms with Crippen LogP contribution in [0.25, 0.3) is 11.0 Å². The number of benzene rings is 2. The van der Waals surface area contributed by atoms with Gasteiger partial charge in [0.1, 0.15) is 0 Å². The molecule has 0 aliphatic carbocycles. The summed E-state index contributed by atoms with van der Waals surface area (Å²) in [6, 6.07) is 7.71. The summed E-state index contributed by atoms with van der Waals surface area (Å²) >= 11 is 3.59. The van der Waals surface area contributed by atoms with E-state index in [0.29, 0.717) is 48.8 Å². The predicted octanol–water partition coefficient (Wildman–Crippen LogP) is 3.65. The van der Waals surface area contributed by atoms with E-state index in [1.807, 2.05) is 35.8 Å². The van der Waals surface area contributed by atoms with Gasteiger partial charge in [-0.05, 0) is 35.0 Å². The highest BCUT2D eigenvalue weighted by atomic mass is 79.9. The number of imidazole rings is 1. The Morgan fingerprint density at radius 3 is 2.74 bits per heavy atom. The maximum Gasteiger partial charge on any atom is 0.212 e. The van der Waals surface area contributed by atoms with Gasteiger partial charge in [0.15, 0.2) is 35.1 Å². The van der Waals surface area contributed by atoms with Crippen LogP contribution in [0.3, 0.4) is 0 Å². The van der Waals surface area contributed by atoms with Gasteiger partial charge in [0, 0.05) is 24.1 Å². The Bertz CT molecular complexity index is 1190. The number of aromatic nitrogens is 2. The van der Waals surface area contributed by atoms with Gasteiger partial charge in [0.2, 0.25) is 5.95 Å². The molecule has 0 spiro atoms. The van der Waals surface area contributed by atoms with Crippen LogP contribution in [-0.4, -0.2) is 42.4 Å². The first-order valence-electron chi connectivity index (χ1n) is 10.0. The van der Waals surface area contributed by atoms with Crippen LogP contribution >= 0.6 is 15.9 Å². The van der Waals surface area contributed by atoms with Crippen molar-refractivity contribution in [2.45, 2.75) is 19.5 Å². The molecule has 1 atom stereocenters. The van der Waals surface area contributed by atoms with Crippen LogP contribution in [0, 0.1) is 0 Å². The van der Waals surface area contributed by atoms with Crippen molar-refractivity contribution in [3.8, 4) is 23.0 Å². The lowest BCUT2D eigenvalue weighted by Crippen LogP contribution is -2.31. The molecule has 3 aromatic rings. The molecule has 0 bridgehead atoms. The van der Waals surface area contributed by atoms with Crippen LogP contribution < -0.4 is 30.0 Å². The molecule has 2 aliphatic rings. The quantitative estimate of drug-likeness (QED) is 0.578. The summed E-state index contributed by atoms with van der Waals surface area (Å²) in [6.07, 6.45) is 0.385. The van der Waals surface area contributed by atoms with Crippen molar-refractivity contribution in [3.05, 3.63) is 34.3 Å². The third-order valence-electron chi connectivity index (χ3n) is 5.14. The monoisotopic (exact) mass is 487 g/mol. The number of nitrogens with two attached hydrogens (primary N) is 1. The molecule has 1 aromatic heterocycles. The van der Waals surface area contributed by atoms with Crippen LogP contribution in [0.2, 0.25) is 0 Å². The Kier molecular flexibility index (Phi) is 5.01. The number of hydrogen-bond acceptors (Lipinski definition) is 8. The minimum Gasteiger partial charge on any atom is -0.492 e. The second kappa shape index (κ2) is 7.84. The number of rotatable bonds is 4. The second-order valence-corrected chi connectivity index (χ2v) is 7.98. The van der Waals surface area contributed by atoms with Gasteiger partial charge >= 0.3 is 0 Å². The zero-order valence-corrected chi connectivity index (χ0v) is 18.7. The van der Waals surface area contributed by atoms with E-state index in [-0.39, 0.29) is 5.96 Å². The summed E-state index contributed by atoms with van der Waals surface area (Å²) < 4.78 is 25.8. The van der Waals surface area contributed by atoms with Gasteiger partial charge in [0.25, 0.3) is 0 Å². The molecule has 3 N–H and O–H groups in total. The third-order valence-corrected chi connectivity index (χ3v) is 5.73. The van der Waals surface area contributed by atoms with E-state index in [2.05, 4.69) is 26.2 Å². The van der Waals surface area contributed by atoms with Gasteiger partial charge < -0.3 is 24.7 Å². The Morgan fingerprint density at radius 2 is 2.00 bits per heavy atom. The van der Waals surface area contributed by atoms with E-state index in [0.717, 1.165) is 27.5 Å². The molecule has 1 unspecified atom stereocenters. The fourth-order valence-corrected chi connectivity index (χ4v) is 4.47. The number of hydrogen-bond donors (Lipinski definition) is 2. The largest absolute Gasteiger partial charge is 0.492 e. The normalized spacial score (nSPS) is 17.4. The number of ether oxygens (including phenoxy) is 4. The lowest BCUT2D eigenvalue weighted by atomic mass is 10.1. The van der Waals surface area contributed by atoms with Crippen LogP contribution in [-0.2, 0) is 0 Å². The fourth-order valence-electron chi connectivity index (χ4n) is 3.85. The first-order valence-corrected chi connectivity index (χ1v) is 10.8. The number of nitrogens with zero attached hydrogens (tertiary/aromatic N) is 3. The highest BCUT2D eigenvalue weighted by Gasteiger charge is 2.28. The predicted molar refractivity (Wildman–Crippen MR) is 121 cm³/mol. The highest BCUT2D eigenvalue weighted by Crippen LogP contribution is 2.42. The van der Waals surface area contributed by atoms with Crippen molar-refractivity contribution in [2.75, 3.05) is 32.2 Å². The zero-order chi connectivity index (χ0) is 21.5. The van der Waals surface area contributed by atoms with Crippen LogP contribution in [0.5, 0.6) is 23.0 Å². The average molecular weight is 488 g/mol. The first kappa shape index (κ1) is 19.8. The van der Waals surface area contributed by atoms with Crippen molar-refractivity contribution in [2.24, 2.45) is 10.7 Å². The van der Waals surface area contributed by atoms with E-state index < -0.39 is 6.17 Å². The van der Waals surface area contributed by atoms with E-state index >= 15 is 0 Å². The van der Waals surface area contributed by atoms with E-state index in [1.54, 1.807) is 7.11 Å². The van der Waals surface area contributed by atoms with Gasteiger partial charge in [-0.1, -0.05) is 0 Å². The molecular formula is C21H22BrN5O4. The van der Waals surface area contributed by atoms with Crippen molar-refractivity contribution < 1.29 is 18.9 Å². The molecule has 31 heavy (non-hydrogen) atoms. The van der Waals surface area contributed by atoms with E-state index in [1.165, 1.54) is 0 Å². The first-order chi connectivity index (χ1) is 15.1. The zero-order valence-electron chi connectivity index (χ0n) is 17.1. The molecule has 0 amide bonds. The number of aliphatic imine (C=N–C) groups is 1. The lowest BCUT2D eigenvalue weighted by Gasteiger charge is -2.25. The molecule has 10 heteroatoms. The molecule has 0 radical (unpaired) electrons. The topological polar surface area (TPSA) is 105 Å². The molecule has 0 saturated carbocycles. The van der Waals surface area contributed by atoms with Crippen molar-refractivity contribution in [1.82, 2.24) is 9.55 Å². The fraction of sp³-hybridized carbons (Fsp3) is 0.333. The number of fused-ring (bicyclic) bond motifs is 4. The molecule has 0 fully saturated rings. The third kappa shape index (κ3) is 3.40. The molecule has 5 rings (SSSR count). The number of nitrogens with one attached hydrogen (secondary N) is 1. The maximum atomic E-state index is 6.10. The standard InChI is InChI=1S/C21H22BrN5O4/c1-3-29-17-8-11(7-12(22)18(17)28-2)19-25-20(23)26-21-24-13-9-15-16(10-14(13)27(19)21)31-6-4-5-30-15/h7-10,19H,3-6H2,1-2H3,(H3,23,24,25,26). The van der Waals surface area contributed by atoms with Gasteiger partial charge in [-0.2, -0.15) is 0 Å². The van der Waals surface area contributed by atoms with E-state index in [9.17, 15) is 0 Å².